The quantitative estimate of drug-likeness (QED) is 0.736. The van der Waals surface area contributed by atoms with Gasteiger partial charge in [0.05, 0.1) is 17.1 Å². The van der Waals surface area contributed by atoms with Crippen LogP contribution in [0.2, 0.25) is 5.02 Å². The van der Waals surface area contributed by atoms with Crippen molar-refractivity contribution in [1.82, 2.24) is 14.9 Å². The van der Waals surface area contributed by atoms with E-state index >= 15 is 0 Å². The monoisotopic (exact) mass is 356 g/mol. The van der Waals surface area contributed by atoms with E-state index in [1.807, 2.05) is 31.2 Å². The summed E-state index contributed by atoms with van der Waals surface area (Å²) in [4.78, 5) is 28.4. The van der Waals surface area contributed by atoms with Gasteiger partial charge in [-0.1, -0.05) is 23.7 Å². The fourth-order valence-electron chi connectivity index (χ4n) is 2.69. The van der Waals surface area contributed by atoms with Crippen molar-refractivity contribution in [1.29, 1.82) is 0 Å². The second-order valence-electron chi connectivity index (χ2n) is 5.71. The molecule has 3 N–H and O–H groups in total. The molecule has 0 aliphatic rings. The number of fused-ring (bicyclic) bond motifs is 1. The van der Waals surface area contributed by atoms with Crippen molar-refractivity contribution in [2.24, 2.45) is 5.73 Å². The average Bonchev–Trinajstić information content (AvgIpc) is 2.93. The third-order valence-electron chi connectivity index (χ3n) is 3.84. The Morgan fingerprint density at radius 1 is 1.20 bits per heavy atom. The Bertz CT molecular complexity index is 934. The molecule has 0 bridgehead atoms. The number of nitrogens with zero attached hydrogens (tertiary/aromatic N) is 2. The maximum Gasteiger partial charge on any atom is 0.251 e. The number of amides is 2. The number of hydrogen-bond acceptors (Lipinski definition) is 3. The van der Waals surface area contributed by atoms with E-state index in [1.165, 1.54) is 0 Å². The lowest BCUT2D eigenvalue weighted by molar-refractivity contribution is -0.118. The number of halogens is 1. The standard InChI is InChI=1S/C18H17ClN4O2/c1-11(21-18(25)12-6-8-13(19)9-7-12)17-22-14-4-2-3-5-15(14)23(17)10-16(20)24/h2-9,11H,10H2,1H3,(H2,20,24)(H,21,25). The summed E-state index contributed by atoms with van der Waals surface area (Å²) in [5.74, 6) is -0.148. The Labute approximate surface area is 149 Å². The molecule has 1 unspecified atom stereocenters. The van der Waals surface area contributed by atoms with Gasteiger partial charge in [-0.3, -0.25) is 9.59 Å². The SMILES string of the molecule is CC(NC(=O)c1ccc(Cl)cc1)c1nc2ccccc2n1CC(N)=O. The van der Waals surface area contributed by atoms with Crippen LogP contribution in [0.3, 0.4) is 0 Å². The van der Waals surface area contributed by atoms with E-state index in [0.29, 0.717) is 16.4 Å². The molecule has 0 aliphatic carbocycles. The van der Waals surface area contributed by atoms with Crippen molar-refractivity contribution >= 4 is 34.4 Å². The predicted molar refractivity (Wildman–Crippen MR) is 96.3 cm³/mol. The van der Waals surface area contributed by atoms with Gasteiger partial charge in [-0.2, -0.15) is 0 Å². The van der Waals surface area contributed by atoms with Gasteiger partial charge in [-0.05, 0) is 43.3 Å². The molecule has 3 rings (SSSR count). The molecule has 0 fully saturated rings. The Hall–Kier alpha value is -2.86. The molecule has 0 saturated heterocycles. The number of hydrogen-bond donors (Lipinski definition) is 2. The van der Waals surface area contributed by atoms with Crippen molar-refractivity contribution in [3.8, 4) is 0 Å². The van der Waals surface area contributed by atoms with Crippen molar-refractivity contribution < 1.29 is 9.59 Å². The van der Waals surface area contributed by atoms with E-state index in [1.54, 1.807) is 28.8 Å². The number of carbonyl (C=O) groups excluding carboxylic acids is 2. The minimum Gasteiger partial charge on any atom is -0.368 e. The number of primary amides is 1. The summed E-state index contributed by atoms with van der Waals surface area (Å²) in [6.45, 7) is 1.81. The number of benzene rings is 2. The fourth-order valence-corrected chi connectivity index (χ4v) is 2.82. The number of carbonyl (C=O) groups is 2. The van der Waals surface area contributed by atoms with Gasteiger partial charge < -0.3 is 15.6 Å². The summed E-state index contributed by atoms with van der Waals surface area (Å²) in [6.07, 6.45) is 0. The number of nitrogens with two attached hydrogens (primary N) is 1. The molecule has 1 heterocycles. The van der Waals surface area contributed by atoms with Crippen LogP contribution < -0.4 is 11.1 Å². The van der Waals surface area contributed by atoms with Crippen LogP contribution in [0, 0.1) is 0 Å². The zero-order valence-corrected chi connectivity index (χ0v) is 14.3. The van der Waals surface area contributed by atoms with Crippen LogP contribution in [0.25, 0.3) is 11.0 Å². The normalized spacial score (nSPS) is 12.1. The number of para-hydroxylation sites is 2. The van der Waals surface area contributed by atoms with E-state index in [2.05, 4.69) is 10.3 Å². The Kier molecular flexibility index (Phi) is 4.72. The minimum atomic E-state index is -0.472. The molecular formula is C18H17ClN4O2. The highest BCUT2D eigenvalue weighted by molar-refractivity contribution is 6.30. The van der Waals surface area contributed by atoms with Crippen molar-refractivity contribution in [2.75, 3.05) is 0 Å². The summed E-state index contributed by atoms with van der Waals surface area (Å²) in [6, 6.07) is 13.6. The number of aromatic nitrogens is 2. The fraction of sp³-hybridized carbons (Fsp3) is 0.167. The van der Waals surface area contributed by atoms with Crippen LogP contribution in [-0.4, -0.2) is 21.4 Å². The van der Waals surface area contributed by atoms with Crippen LogP contribution in [0.1, 0.15) is 29.1 Å². The smallest absolute Gasteiger partial charge is 0.251 e. The highest BCUT2D eigenvalue weighted by Gasteiger charge is 2.19. The lowest BCUT2D eigenvalue weighted by Crippen LogP contribution is -2.30. The van der Waals surface area contributed by atoms with Crippen molar-refractivity contribution in [3.05, 3.63) is 64.9 Å². The van der Waals surface area contributed by atoms with E-state index in [9.17, 15) is 9.59 Å². The minimum absolute atomic E-state index is 0.00297. The molecule has 7 heteroatoms. The molecular weight excluding hydrogens is 340 g/mol. The molecule has 128 valence electrons. The van der Waals surface area contributed by atoms with E-state index < -0.39 is 11.9 Å². The molecule has 0 saturated carbocycles. The second-order valence-corrected chi connectivity index (χ2v) is 6.15. The maximum atomic E-state index is 12.4. The van der Waals surface area contributed by atoms with Gasteiger partial charge in [-0.25, -0.2) is 4.98 Å². The number of nitrogens with one attached hydrogen (secondary N) is 1. The lowest BCUT2D eigenvalue weighted by Gasteiger charge is -2.15. The number of imidazole rings is 1. The van der Waals surface area contributed by atoms with Gasteiger partial charge in [0, 0.05) is 10.6 Å². The average molecular weight is 357 g/mol. The Balaban J connectivity index is 1.90. The molecule has 1 atom stereocenters. The zero-order valence-electron chi connectivity index (χ0n) is 13.6. The van der Waals surface area contributed by atoms with E-state index in [-0.39, 0.29) is 12.5 Å². The molecule has 0 spiro atoms. The van der Waals surface area contributed by atoms with Gasteiger partial charge in [0.2, 0.25) is 5.91 Å². The third kappa shape index (κ3) is 3.64. The van der Waals surface area contributed by atoms with Gasteiger partial charge in [-0.15, -0.1) is 0 Å². The largest absolute Gasteiger partial charge is 0.368 e. The first-order valence-corrected chi connectivity index (χ1v) is 8.13. The second kappa shape index (κ2) is 6.94. The van der Waals surface area contributed by atoms with Crippen molar-refractivity contribution in [3.63, 3.8) is 0 Å². The summed E-state index contributed by atoms with van der Waals surface area (Å²) in [7, 11) is 0. The molecule has 0 radical (unpaired) electrons. The van der Waals surface area contributed by atoms with Gasteiger partial charge in [0.1, 0.15) is 12.4 Å². The summed E-state index contributed by atoms with van der Waals surface area (Å²) < 4.78 is 1.73. The van der Waals surface area contributed by atoms with Crippen LogP contribution in [0.15, 0.2) is 48.5 Å². The predicted octanol–water partition coefficient (Wildman–Crippen LogP) is 2.67. The molecule has 6 nitrogen and oxygen atoms in total. The highest BCUT2D eigenvalue weighted by Crippen LogP contribution is 2.21. The zero-order chi connectivity index (χ0) is 18.0. The van der Waals surface area contributed by atoms with Gasteiger partial charge in [0.25, 0.3) is 5.91 Å². The summed E-state index contributed by atoms with van der Waals surface area (Å²) in [5, 5.41) is 3.45. The van der Waals surface area contributed by atoms with Crippen molar-refractivity contribution in [2.45, 2.75) is 19.5 Å². The van der Waals surface area contributed by atoms with Gasteiger partial charge >= 0.3 is 0 Å². The Morgan fingerprint density at radius 3 is 2.56 bits per heavy atom. The summed E-state index contributed by atoms with van der Waals surface area (Å²) >= 11 is 5.84. The summed E-state index contributed by atoms with van der Waals surface area (Å²) in [5.41, 5.74) is 7.39. The first-order valence-electron chi connectivity index (χ1n) is 7.75. The molecule has 0 aliphatic heterocycles. The molecule has 2 aromatic carbocycles. The molecule has 25 heavy (non-hydrogen) atoms. The van der Waals surface area contributed by atoms with Crippen LogP contribution in [0.5, 0.6) is 0 Å². The van der Waals surface area contributed by atoms with Gasteiger partial charge in [0.15, 0.2) is 0 Å². The highest BCUT2D eigenvalue weighted by atomic mass is 35.5. The number of rotatable bonds is 5. The van der Waals surface area contributed by atoms with Crippen LogP contribution in [0.4, 0.5) is 0 Å². The molecule has 2 amide bonds. The van der Waals surface area contributed by atoms with E-state index in [0.717, 1.165) is 11.0 Å². The lowest BCUT2D eigenvalue weighted by atomic mass is 10.2. The Morgan fingerprint density at radius 2 is 1.88 bits per heavy atom. The topological polar surface area (TPSA) is 90.0 Å². The molecule has 1 aromatic heterocycles. The maximum absolute atomic E-state index is 12.4. The van der Waals surface area contributed by atoms with Crippen LogP contribution in [-0.2, 0) is 11.3 Å². The molecule has 3 aromatic rings. The third-order valence-corrected chi connectivity index (χ3v) is 4.09. The first-order chi connectivity index (χ1) is 12.0. The first kappa shape index (κ1) is 17.0. The van der Waals surface area contributed by atoms with E-state index in [4.69, 9.17) is 17.3 Å². The van der Waals surface area contributed by atoms with Crippen LogP contribution >= 0.6 is 11.6 Å².